The van der Waals surface area contributed by atoms with Gasteiger partial charge in [0, 0.05) is 11.6 Å². The molecule has 0 atom stereocenters. The van der Waals surface area contributed by atoms with Crippen molar-refractivity contribution in [3.63, 3.8) is 0 Å². The van der Waals surface area contributed by atoms with Crippen molar-refractivity contribution in [2.75, 3.05) is 26.2 Å². The Balaban J connectivity index is 1.78. The van der Waals surface area contributed by atoms with E-state index in [9.17, 15) is 4.79 Å². The third-order valence-corrected chi connectivity index (χ3v) is 2.89. The maximum absolute atomic E-state index is 10.2. The zero-order valence-electron chi connectivity index (χ0n) is 9.21. The lowest BCUT2D eigenvalue weighted by Crippen LogP contribution is -2.20. The molecule has 0 unspecified atom stereocenters. The maximum atomic E-state index is 10.2. The average Bonchev–Trinajstić information content (AvgIpc) is 2.68. The Bertz CT molecular complexity index is 181. The fourth-order valence-corrected chi connectivity index (χ4v) is 2.03. The number of likely N-dealkylation sites (tertiary alicyclic amines) is 1. The van der Waals surface area contributed by atoms with E-state index < -0.39 is 5.43 Å². The van der Waals surface area contributed by atoms with Gasteiger partial charge in [-0.3, -0.25) is 0 Å². The molecular weight excluding hydrogens is 214 g/mol. The van der Waals surface area contributed by atoms with Crippen LogP contribution in [0.25, 0.3) is 0 Å². The molecule has 0 saturated carbocycles. The van der Waals surface area contributed by atoms with Crippen molar-refractivity contribution in [1.29, 1.82) is 0 Å². The third kappa shape index (κ3) is 6.74. The standard InChI is InChI=1S/C11H20ClNO2/c12-11(14)15-10-6-2-1-3-7-13-8-4-5-9-13/h1-10H2. The van der Waals surface area contributed by atoms with Gasteiger partial charge in [0.15, 0.2) is 0 Å². The molecule has 0 spiro atoms. The second-order valence-electron chi connectivity index (χ2n) is 4.05. The van der Waals surface area contributed by atoms with Gasteiger partial charge in [-0.05, 0) is 45.3 Å². The molecule has 4 heteroatoms. The lowest BCUT2D eigenvalue weighted by atomic mass is 10.2. The summed E-state index contributed by atoms with van der Waals surface area (Å²) in [5.74, 6) is 0. The molecule has 0 N–H and O–H groups in total. The van der Waals surface area contributed by atoms with Gasteiger partial charge in [-0.25, -0.2) is 4.79 Å². The Morgan fingerprint density at radius 3 is 2.47 bits per heavy atom. The number of ether oxygens (including phenoxy) is 1. The van der Waals surface area contributed by atoms with Gasteiger partial charge in [0.1, 0.15) is 0 Å². The lowest BCUT2D eigenvalue weighted by molar-refractivity contribution is 0.170. The topological polar surface area (TPSA) is 29.5 Å². The molecule has 0 bridgehead atoms. The average molecular weight is 234 g/mol. The van der Waals surface area contributed by atoms with Crippen LogP contribution in [0.15, 0.2) is 0 Å². The first kappa shape index (κ1) is 12.8. The van der Waals surface area contributed by atoms with Crippen LogP contribution >= 0.6 is 11.6 Å². The van der Waals surface area contributed by atoms with E-state index in [1.165, 1.54) is 45.3 Å². The number of unbranched alkanes of at least 4 members (excludes halogenated alkanes) is 3. The van der Waals surface area contributed by atoms with Crippen LogP contribution < -0.4 is 0 Å². The van der Waals surface area contributed by atoms with Gasteiger partial charge >= 0.3 is 5.43 Å². The minimum absolute atomic E-state index is 0.464. The zero-order chi connectivity index (χ0) is 10.9. The van der Waals surface area contributed by atoms with E-state index in [2.05, 4.69) is 9.64 Å². The highest BCUT2D eigenvalue weighted by molar-refractivity contribution is 6.61. The van der Waals surface area contributed by atoms with Crippen molar-refractivity contribution in [1.82, 2.24) is 4.90 Å². The molecule has 1 aliphatic heterocycles. The fourth-order valence-electron chi connectivity index (χ4n) is 1.95. The molecule has 1 saturated heterocycles. The van der Waals surface area contributed by atoms with E-state index in [1.807, 2.05) is 0 Å². The number of rotatable bonds is 7. The van der Waals surface area contributed by atoms with Gasteiger partial charge in [0.2, 0.25) is 0 Å². The van der Waals surface area contributed by atoms with Crippen LogP contribution in [0.5, 0.6) is 0 Å². The predicted octanol–water partition coefficient (Wildman–Crippen LogP) is 3.02. The Morgan fingerprint density at radius 2 is 1.80 bits per heavy atom. The second-order valence-corrected chi connectivity index (χ2v) is 4.36. The van der Waals surface area contributed by atoms with E-state index in [0.717, 1.165) is 12.8 Å². The predicted molar refractivity (Wildman–Crippen MR) is 61.3 cm³/mol. The van der Waals surface area contributed by atoms with Crippen LogP contribution in [0.2, 0.25) is 0 Å². The normalized spacial score (nSPS) is 16.9. The van der Waals surface area contributed by atoms with Crippen LogP contribution in [0, 0.1) is 0 Å². The zero-order valence-corrected chi connectivity index (χ0v) is 9.97. The van der Waals surface area contributed by atoms with Gasteiger partial charge in [-0.1, -0.05) is 12.8 Å². The summed E-state index contributed by atoms with van der Waals surface area (Å²) in [6.45, 7) is 4.26. The van der Waals surface area contributed by atoms with E-state index in [-0.39, 0.29) is 0 Å². The Morgan fingerprint density at radius 1 is 1.13 bits per heavy atom. The first-order chi connectivity index (χ1) is 7.29. The van der Waals surface area contributed by atoms with Crippen LogP contribution in [0.3, 0.4) is 0 Å². The number of carbonyl (C=O) groups excluding carboxylic acids is 1. The van der Waals surface area contributed by atoms with Crippen LogP contribution in [-0.2, 0) is 4.74 Å². The monoisotopic (exact) mass is 233 g/mol. The van der Waals surface area contributed by atoms with Gasteiger partial charge in [-0.15, -0.1) is 0 Å². The van der Waals surface area contributed by atoms with Crippen molar-refractivity contribution in [2.24, 2.45) is 0 Å². The van der Waals surface area contributed by atoms with Crippen molar-refractivity contribution < 1.29 is 9.53 Å². The summed E-state index contributed by atoms with van der Waals surface area (Å²) in [6, 6.07) is 0. The van der Waals surface area contributed by atoms with E-state index in [0.29, 0.717) is 6.61 Å². The largest absolute Gasteiger partial charge is 0.454 e. The SMILES string of the molecule is O=C(Cl)OCCCCCCN1CCCC1. The number of halogens is 1. The molecule has 1 fully saturated rings. The molecule has 3 nitrogen and oxygen atoms in total. The highest BCUT2D eigenvalue weighted by Gasteiger charge is 2.09. The third-order valence-electron chi connectivity index (χ3n) is 2.78. The Hall–Kier alpha value is -0.280. The van der Waals surface area contributed by atoms with Crippen LogP contribution in [-0.4, -0.2) is 36.6 Å². The summed E-state index contributed by atoms with van der Waals surface area (Å²) in [5, 5.41) is 0. The molecule has 15 heavy (non-hydrogen) atoms. The summed E-state index contributed by atoms with van der Waals surface area (Å²) in [6.07, 6.45) is 7.26. The number of hydrogen-bond donors (Lipinski definition) is 0. The molecule has 0 aromatic carbocycles. The number of hydrogen-bond acceptors (Lipinski definition) is 3. The molecule has 0 aliphatic carbocycles. The highest BCUT2D eigenvalue weighted by Crippen LogP contribution is 2.09. The van der Waals surface area contributed by atoms with E-state index in [4.69, 9.17) is 11.6 Å². The minimum atomic E-state index is -0.688. The van der Waals surface area contributed by atoms with Crippen molar-refractivity contribution in [3.8, 4) is 0 Å². The van der Waals surface area contributed by atoms with Gasteiger partial charge in [0.25, 0.3) is 0 Å². The van der Waals surface area contributed by atoms with Gasteiger partial charge in [0.05, 0.1) is 6.61 Å². The fraction of sp³-hybridized carbons (Fsp3) is 0.909. The molecule has 0 radical (unpaired) electrons. The summed E-state index contributed by atoms with van der Waals surface area (Å²) < 4.78 is 4.64. The quantitative estimate of drug-likeness (QED) is 0.500. The number of nitrogens with zero attached hydrogens (tertiary/aromatic N) is 1. The molecule has 0 aromatic rings. The van der Waals surface area contributed by atoms with Gasteiger partial charge < -0.3 is 9.64 Å². The Labute approximate surface area is 96.7 Å². The summed E-state index contributed by atoms with van der Waals surface area (Å²) in [5.41, 5.74) is -0.688. The molecule has 88 valence electrons. The summed E-state index contributed by atoms with van der Waals surface area (Å²) in [4.78, 5) is 12.8. The molecule has 1 rings (SSSR count). The molecule has 0 aromatic heterocycles. The van der Waals surface area contributed by atoms with Crippen molar-refractivity contribution >= 4 is 17.0 Å². The highest BCUT2D eigenvalue weighted by atomic mass is 35.5. The molecule has 1 aliphatic rings. The smallest absolute Gasteiger partial charge is 0.403 e. The first-order valence-corrected chi connectivity index (χ1v) is 6.21. The molecule has 1 heterocycles. The summed E-state index contributed by atoms with van der Waals surface area (Å²) in [7, 11) is 0. The van der Waals surface area contributed by atoms with Crippen LogP contribution in [0.1, 0.15) is 38.5 Å². The van der Waals surface area contributed by atoms with E-state index in [1.54, 1.807) is 0 Å². The lowest BCUT2D eigenvalue weighted by Gasteiger charge is -2.13. The molecular formula is C11H20ClNO2. The second kappa shape index (κ2) is 7.94. The molecule has 0 amide bonds. The summed E-state index contributed by atoms with van der Waals surface area (Å²) >= 11 is 5.04. The number of carbonyl (C=O) groups is 1. The van der Waals surface area contributed by atoms with Crippen LogP contribution in [0.4, 0.5) is 4.79 Å². The van der Waals surface area contributed by atoms with Gasteiger partial charge in [-0.2, -0.15) is 0 Å². The van der Waals surface area contributed by atoms with E-state index >= 15 is 0 Å². The van der Waals surface area contributed by atoms with Crippen molar-refractivity contribution in [3.05, 3.63) is 0 Å². The van der Waals surface area contributed by atoms with Crippen molar-refractivity contribution in [2.45, 2.75) is 38.5 Å². The Kier molecular flexibility index (Phi) is 6.77. The first-order valence-electron chi connectivity index (χ1n) is 5.83. The maximum Gasteiger partial charge on any atom is 0.403 e. The minimum Gasteiger partial charge on any atom is -0.454 e.